The first-order valence-electron chi connectivity index (χ1n) is 7.08. The van der Waals surface area contributed by atoms with E-state index < -0.39 is 6.10 Å². The maximum Gasteiger partial charge on any atom is 0.119 e. The Kier molecular flexibility index (Phi) is 8.69. The van der Waals surface area contributed by atoms with Crippen LogP contribution in [0.25, 0.3) is 0 Å². The first-order valence-corrected chi connectivity index (χ1v) is 7.08. The zero-order valence-electron chi connectivity index (χ0n) is 12.5. The molecule has 0 aliphatic rings. The molecule has 0 amide bonds. The minimum absolute atomic E-state index is 0.0329. The highest BCUT2D eigenvalue weighted by molar-refractivity contribution is 5.26. The van der Waals surface area contributed by atoms with E-state index in [4.69, 9.17) is 14.6 Å². The van der Waals surface area contributed by atoms with Gasteiger partial charge in [0.1, 0.15) is 18.5 Å². The molecule has 1 rings (SSSR count). The van der Waals surface area contributed by atoms with E-state index >= 15 is 0 Å². The molecule has 3 N–H and O–H groups in total. The Hall–Kier alpha value is -1.40. The molecule has 0 aliphatic heterocycles. The summed E-state index contributed by atoms with van der Waals surface area (Å²) in [6.07, 6.45) is 1.10. The summed E-state index contributed by atoms with van der Waals surface area (Å²) < 4.78 is 10.8. The molecule has 2 atom stereocenters. The third-order valence-electron chi connectivity index (χ3n) is 2.85. The Balaban J connectivity index is 2.26. The number of ether oxygens (including phenoxy) is 2. The second-order valence-electron chi connectivity index (χ2n) is 4.90. The third-order valence-corrected chi connectivity index (χ3v) is 2.85. The molecule has 0 aliphatic carbocycles. The van der Waals surface area contributed by atoms with Crippen LogP contribution >= 0.6 is 0 Å². The lowest BCUT2D eigenvalue weighted by molar-refractivity contribution is 0.101. The summed E-state index contributed by atoms with van der Waals surface area (Å²) in [6, 6.07) is 7.52. The van der Waals surface area contributed by atoms with E-state index in [1.165, 1.54) is 0 Å². The van der Waals surface area contributed by atoms with E-state index in [9.17, 15) is 5.11 Å². The summed E-state index contributed by atoms with van der Waals surface area (Å²) in [6.45, 7) is 7.14. The average molecular weight is 295 g/mol. The fourth-order valence-electron chi connectivity index (χ4n) is 1.60. The Labute approximate surface area is 126 Å². The summed E-state index contributed by atoms with van der Waals surface area (Å²) in [7, 11) is 0. The van der Waals surface area contributed by atoms with Crippen LogP contribution < -0.4 is 10.1 Å². The average Bonchev–Trinajstić information content (AvgIpc) is 2.52. The molecular formula is C16H25NO4. The van der Waals surface area contributed by atoms with Gasteiger partial charge in [-0.05, 0) is 24.6 Å². The normalized spacial score (nSPS) is 13.7. The topological polar surface area (TPSA) is 71.0 Å². The summed E-state index contributed by atoms with van der Waals surface area (Å²) in [5.41, 5.74) is 1.06. The van der Waals surface area contributed by atoms with Gasteiger partial charge in [0.2, 0.25) is 0 Å². The van der Waals surface area contributed by atoms with Gasteiger partial charge in [0.05, 0.1) is 19.8 Å². The zero-order chi connectivity index (χ0) is 15.5. The van der Waals surface area contributed by atoms with E-state index in [-0.39, 0.29) is 19.3 Å². The minimum Gasteiger partial charge on any atom is -0.491 e. The smallest absolute Gasteiger partial charge is 0.119 e. The lowest BCUT2D eigenvalue weighted by atomic mass is 10.2. The van der Waals surface area contributed by atoms with Gasteiger partial charge in [-0.25, -0.2) is 0 Å². The van der Waals surface area contributed by atoms with Gasteiger partial charge in [0.15, 0.2) is 0 Å². The molecule has 1 aromatic rings. The number of aliphatic hydroxyl groups is 2. The van der Waals surface area contributed by atoms with Crippen molar-refractivity contribution in [3.05, 3.63) is 42.5 Å². The standard InChI is InChI=1S/C16H25NO4/c1-3-8-20-11-14-4-6-16(7-5-14)21-12-15(19)9-17-13(2)10-18/h3-7,13,15,17-19H,1,8-12H2,2H3. The van der Waals surface area contributed by atoms with Crippen molar-refractivity contribution in [2.24, 2.45) is 0 Å². The van der Waals surface area contributed by atoms with E-state index in [0.29, 0.717) is 25.5 Å². The molecule has 0 bridgehead atoms. The fourth-order valence-corrected chi connectivity index (χ4v) is 1.60. The number of hydrogen-bond donors (Lipinski definition) is 3. The number of aliphatic hydroxyl groups excluding tert-OH is 2. The van der Waals surface area contributed by atoms with Crippen LogP contribution in [0.1, 0.15) is 12.5 Å². The molecule has 5 heteroatoms. The molecule has 0 fully saturated rings. The van der Waals surface area contributed by atoms with E-state index in [0.717, 1.165) is 5.56 Å². The quantitative estimate of drug-likeness (QED) is 0.421. The van der Waals surface area contributed by atoms with Gasteiger partial charge in [-0.2, -0.15) is 0 Å². The predicted molar refractivity (Wildman–Crippen MR) is 82.3 cm³/mol. The van der Waals surface area contributed by atoms with Crippen LogP contribution in [-0.2, 0) is 11.3 Å². The van der Waals surface area contributed by atoms with Crippen LogP contribution in [0, 0.1) is 0 Å². The summed E-state index contributed by atoms with van der Waals surface area (Å²) >= 11 is 0. The van der Waals surface area contributed by atoms with Gasteiger partial charge in [-0.3, -0.25) is 0 Å². The highest BCUT2D eigenvalue weighted by Gasteiger charge is 2.07. The molecule has 0 radical (unpaired) electrons. The van der Waals surface area contributed by atoms with Crippen LogP contribution in [0.5, 0.6) is 5.75 Å². The van der Waals surface area contributed by atoms with Crippen LogP contribution in [0.3, 0.4) is 0 Å². The van der Waals surface area contributed by atoms with Crippen molar-refractivity contribution in [3.63, 3.8) is 0 Å². The minimum atomic E-state index is -0.616. The molecule has 0 saturated heterocycles. The molecule has 21 heavy (non-hydrogen) atoms. The van der Waals surface area contributed by atoms with Crippen molar-refractivity contribution < 1.29 is 19.7 Å². The van der Waals surface area contributed by atoms with E-state index in [2.05, 4.69) is 11.9 Å². The molecule has 2 unspecified atom stereocenters. The lowest BCUT2D eigenvalue weighted by Crippen LogP contribution is -2.38. The van der Waals surface area contributed by atoms with Gasteiger partial charge >= 0.3 is 0 Å². The van der Waals surface area contributed by atoms with Crippen molar-refractivity contribution in [1.82, 2.24) is 5.32 Å². The Morgan fingerprint density at radius 1 is 1.33 bits per heavy atom. The Bertz CT molecular complexity index is 394. The van der Waals surface area contributed by atoms with Gasteiger partial charge in [0.25, 0.3) is 0 Å². The monoisotopic (exact) mass is 295 g/mol. The van der Waals surface area contributed by atoms with Crippen LogP contribution in [0.15, 0.2) is 36.9 Å². The highest BCUT2D eigenvalue weighted by Crippen LogP contribution is 2.13. The number of rotatable bonds is 11. The molecule has 0 aromatic heterocycles. The van der Waals surface area contributed by atoms with Gasteiger partial charge in [-0.1, -0.05) is 18.2 Å². The first kappa shape index (κ1) is 17.7. The SMILES string of the molecule is C=CCOCc1ccc(OCC(O)CNC(C)CO)cc1. The summed E-state index contributed by atoms with van der Waals surface area (Å²) in [5, 5.41) is 21.6. The molecule has 0 spiro atoms. The highest BCUT2D eigenvalue weighted by atomic mass is 16.5. The maximum atomic E-state index is 9.75. The Morgan fingerprint density at radius 3 is 2.67 bits per heavy atom. The van der Waals surface area contributed by atoms with Gasteiger partial charge < -0.3 is 25.0 Å². The second kappa shape index (κ2) is 10.3. The predicted octanol–water partition coefficient (Wildman–Crippen LogP) is 1.10. The zero-order valence-corrected chi connectivity index (χ0v) is 12.5. The van der Waals surface area contributed by atoms with Crippen molar-refractivity contribution in [3.8, 4) is 5.75 Å². The number of benzene rings is 1. The van der Waals surface area contributed by atoms with Gasteiger partial charge in [-0.15, -0.1) is 6.58 Å². The molecule has 118 valence electrons. The first-order chi connectivity index (χ1) is 10.2. The van der Waals surface area contributed by atoms with Crippen LogP contribution in [-0.4, -0.2) is 48.7 Å². The van der Waals surface area contributed by atoms with Crippen molar-refractivity contribution in [2.45, 2.75) is 25.7 Å². The number of nitrogens with one attached hydrogen (secondary N) is 1. The second-order valence-corrected chi connectivity index (χ2v) is 4.90. The van der Waals surface area contributed by atoms with Crippen molar-refractivity contribution >= 4 is 0 Å². The van der Waals surface area contributed by atoms with Crippen molar-refractivity contribution in [2.75, 3.05) is 26.4 Å². The van der Waals surface area contributed by atoms with Crippen LogP contribution in [0.4, 0.5) is 0 Å². The molecular weight excluding hydrogens is 270 g/mol. The molecule has 1 aromatic carbocycles. The molecule has 0 saturated carbocycles. The Morgan fingerprint density at radius 2 is 2.05 bits per heavy atom. The van der Waals surface area contributed by atoms with E-state index in [1.54, 1.807) is 6.08 Å². The van der Waals surface area contributed by atoms with Crippen LogP contribution in [0.2, 0.25) is 0 Å². The third kappa shape index (κ3) is 7.82. The van der Waals surface area contributed by atoms with E-state index in [1.807, 2.05) is 31.2 Å². The number of hydrogen-bond acceptors (Lipinski definition) is 5. The fraction of sp³-hybridized carbons (Fsp3) is 0.500. The molecule has 5 nitrogen and oxygen atoms in total. The lowest BCUT2D eigenvalue weighted by Gasteiger charge is -2.16. The summed E-state index contributed by atoms with van der Waals surface area (Å²) in [4.78, 5) is 0. The van der Waals surface area contributed by atoms with Crippen molar-refractivity contribution in [1.29, 1.82) is 0 Å². The maximum absolute atomic E-state index is 9.75. The largest absolute Gasteiger partial charge is 0.491 e. The van der Waals surface area contributed by atoms with Gasteiger partial charge in [0, 0.05) is 12.6 Å². The summed E-state index contributed by atoms with van der Waals surface area (Å²) in [5.74, 6) is 0.705. The molecule has 0 heterocycles.